The van der Waals surface area contributed by atoms with Gasteiger partial charge in [0.2, 0.25) is 0 Å². The Kier molecular flexibility index (Phi) is 3.40. The van der Waals surface area contributed by atoms with Crippen molar-refractivity contribution in [3.05, 3.63) is 40.7 Å². The Hall–Kier alpha value is -2.97. The molecule has 4 rings (SSSR count). The van der Waals surface area contributed by atoms with Gasteiger partial charge in [-0.05, 0) is 19.1 Å². The monoisotopic (exact) mass is 326 g/mol. The van der Waals surface area contributed by atoms with Gasteiger partial charge in [-0.2, -0.15) is 4.52 Å². The van der Waals surface area contributed by atoms with Crippen molar-refractivity contribution >= 4 is 17.3 Å². The largest absolute Gasteiger partial charge is 0.369 e. The highest BCUT2D eigenvalue weighted by molar-refractivity contribution is 5.47. The van der Waals surface area contributed by atoms with E-state index in [1.165, 1.54) is 17.0 Å². The summed E-state index contributed by atoms with van der Waals surface area (Å²) in [5, 5.41) is 15.9. The summed E-state index contributed by atoms with van der Waals surface area (Å²) in [6, 6.07) is 5.41. The molecular weight excluding hydrogens is 308 g/mol. The Bertz CT molecular complexity index is 940. The summed E-state index contributed by atoms with van der Waals surface area (Å²) in [5.74, 6) is 2.82. The summed E-state index contributed by atoms with van der Waals surface area (Å²) in [6.45, 7) is 4.50. The minimum absolute atomic E-state index is 0.0652. The minimum atomic E-state index is -0.0652. The van der Waals surface area contributed by atoms with Gasteiger partial charge in [-0.1, -0.05) is 0 Å². The van der Waals surface area contributed by atoms with Gasteiger partial charge in [0.05, 0.1) is 6.33 Å². The smallest absolute Gasteiger partial charge is 0.255 e. The molecule has 1 fully saturated rings. The minimum Gasteiger partial charge on any atom is -0.369 e. The zero-order chi connectivity index (χ0) is 16.7. The van der Waals surface area contributed by atoms with Crippen LogP contribution in [0, 0.1) is 12.8 Å². The van der Waals surface area contributed by atoms with Crippen molar-refractivity contribution in [1.29, 1.82) is 0 Å². The zero-order valence-electron chi connectivity index (χ0n) is 13.5. The fraction of sp³-hybridized carbons (Fsp3) is 0.400. The van der Waals surface area contributed by atoms with E-state index in [1.54, 1.807) is 11.6 Å². The van der Waals surface area contributed by atoms with E-state index in [9.17, 15) is 4.79 Å². The van der Waals surface area contributed by atoms with Crippen LogP contribution in [0.3, 0.4) is 0 Å². The molecule has 1 aliphatic rings. The van der Waals surface area contributed by atoms with Crippen LogP contribution in [0.2, 0.25) is 0 Å². The van der Waals surface area contributed by atoms with Crippen LogP contribution >= 0.6 is 0 Å². The average molecular weight is 326 g/mol. The SMILES string of the molecule is Cc1nnc2ccc(N3CC(CNc4cc(=O)n(C)cn4)C3)nn12. The molecule has 3 aromatic heterocycles. The molecule has 1 saturated heterocycles. The Morgan fingerprint density at radius 3 is 2.92 bits per heavy atom. The lowest BCUT2D eigenvalue weighted by Gasteiger charge is -2.40. The van der Waals surface area contributed by atoms with Crippen LogP contribution in [0.4, 0.5) is 11.6 Å². The molecular formula is C15H18N8O. The van der Waals surface area contributed by atoms with E-state index < -0.39 is 0 Å². The highest BCUT2D eigenvalue weighted by atomic mass is 16.1. The summed E-state index contributed by atoms with van der Waals surface area (Å²) in [4.78, 5) is 18.0. The second kappa shape index (κ2) is 5.59. The Balaban J connectivity index is 1.36. The molecule has 9 nitrogen and oxygen atoms in total. The van der Waals surface area contributed by atoms with Crippen molar-refractivity contribution in [2.45, 2.75) is 6.92 Å². The quantitative estimate of drug-likeness (QED) is 0.725. The number of nitrogens with zero attached hydrogens (tertiary/aromatic N) is 7. The van der Waals surface area contributed by atoms with Crippen LogP contribution in [0.5, 0.6) is 0 Å². The molecule has 0 atom stereocenters. The predicted molar refractivity (Wildman–Crippen MR) is 89.2 cm³/mol. The summed E-state index contributed by atoms with van der Waals surface area (Å²) in [6.07, 6.45) is 1.53. The lowest BCUT2D eigenvalue weighted by atomic mass is 10.0. The molecule has 9 heteroatoms. The molecule has 3 aromatic rings. The first-order chi connectivity index (χ1) is 11.6. The topological polar surface area (TPSA) is 93.2 Å². The molecule has 0 unspecified atom stereocenters. The molecule has 0 aliphatic carbocycles. The maximum atomic E-state index is 11.6. The first-order valence-electron chi connectivity index (χ1n) is 7.81. The van der Waals surface area contributed by atoms with Crippen molar-refractivity contribution in [3.63, 3.8) is 0 Å². The average Bonchev–Trinajstić information content (AvgIpc) is 2.90. The van der Waals surface area contributed by atoms with E-state index in [4.69, 9.17) is 0 Å². The summed E-state index contributed by atoms with van der Waals surface area (Å²) in [5.41, 5.74) is 0.691. The molecule has 1 N–H and O–H groups in total. The van der Waals surface area contributed by atoms with Crippen LogP contribution < -0.4 is 15.8 Å². The number of hydrogen-bond donors (Lipinski definition) is 1. The number of anilines is 2. The number of hydrogen-bond acceptors (Lipinski definition) is 7. The van der Waals surface area contributed by atoms with Crippen molar-refractivity contribution in [3.8, 4) is 0 Å². The van der Waals surface area contributed by atoms with Gasteiger partial charge >= 0.3 is 0 Å². The maximum absolute atomic E-state index is 11.6. The van der Waals surface area contributed by atoms with Crippen LogP contribution in [0.25, 0.3) is 5.65 Å². The van der Waals surface area contributed by atoms with Crippen LogP contribution in [-0.2, 0) is 7.05 Å². The molecule has 0 spiro atoms. The van der Waals surface area contributed by atoms with E-state index in [0.29, 0.717) is 11.7 Å². The lowest BCUT2D eigenvalue weighted by Crippen LogP contribution is -2.50. The second-order valence-corrected chi connectivity index (χ2v) is 6.08. The van der Waals surface area contributed by atoms with Gasteiger partial charge in [0.15, 0.2) is 11.5 Å². The highest BCUT2D eigenvalue weighted by Gasteiger charge is 2.28. The number of fused-ring (bicyclic) bond motifs is 1. The van der Waals surface area contributed by atoms with Crippen LogP contribution in [-0.4, -0.2) is 49.0 Å². The molecule has 0 saturated carbocycles. The van der Waals surface area contributed by atoms with Gasteiger partial charge in [-0.3, -0.25) is 4.79 Å². The third-order valence-corrected chi connectivity index (χ3v) is 4.24. The molecule has 0 bridgehead atoms. The molecule has 0 aromatic carbocycles. The fourth-order valence-corrected chi connectivity index (χ4v) is 2.75. The van der Waals surface area contributed by atoms with Crippen molar-refractivity contribution in [2.75, 3.05) is 29.9 Å². The Morgan fingerprint density at radius 1 is 1.29 bits per heavy atom. The Labute approximate surface area is 138 Å². The van der Waals surface area contributed by atoms with Crippen molar-refractivity contribution < 1.29 is 0 Å². The van der Waals surface area contributed by atoms with Gasteiger partial charge in [-0.25, -0.2) is 4.98 Å². The summed E-state index contributed by atoms with van der Waals surface area (Å²) >= 11 is 0. The van der Waals surface area contributed by atoms with Crippen LogP contribution in [0.15, 0.2) is 29.3 Å². The van der Waals surface area contributed by atoms with Crippen molar-refractivity contribution in [2.24, 2.45) is 13.0 Å². The van der Waals surface area contributed by atoms with Gasteiger partial charge in [0, 0.05) is 38.7 Å². The van der Waals surface area contributed by atoms with E-state index in [-0.39, 0.29) is 5.56 Å². The second-order valence-electron chi connectivity index (χ2n) is 6.08. The van der Waals surface area contributed by atoms with Gasteiger partial charge in [0.25, 0.3) is 5.56 Å². The molecule has 1 aliphatic heterocycles. The number of aryl methyl sites for hydroxylation is 2. The number of rotatable bonds is 4. The van der Waals surface area contributed by atoms with E-state index in [0.717, 1.165) is 36.9 Å². The first-order valence-corrected chi connectivity index (χ1v) is 7.81. The molecule has 0 amide bonds. The van der Waals surface area contributed by atoms with Crippen molar-refractivity contribution in [1.82, 2.24) is 29.4 Å². The van der Waals surface area contributed by atoms with E-state index >= 15 is 0 Å². The highest BCUT2D eigenvalue weighted by Crippen LogP contribution is 2.23. The van der Waals surface area contributed by atoms with Crippen LogP contribution in [0.1, 0.15) is 5.82 Å². The normalized spacial score (nSPS) is 14.8. The van der Waals surface area contributed by atoms with Gasteiger partial charge in [-0.15, -0.1) is 15.3 Å². The zero-order valence-corrected chi connectivity index (χ0v) is 13.5. The lowest BCUT2D eigenvalue weighted by molar-refractivity contribution is 0.424. The summed E-state index contributed by atoms with van der Waals surface area (Å²) in [7, 11) is 1.68. The third-order valence-electron chi connectivity index (χ3n) is 4.24. The van der Waals surface area contributed by atoms with E-state index in [2.05, 4.69) is 30.5 Å². The fourth-order valence-electron chi connectivity index (χ4n) is 2.75. The maximum Gasteiger partial charge on any atom is 0.255 e. The Morgan fingerprint density at radius 2 is 2.12 bits per heavy atom. The first kappa shape index (κ1) is 14.6. The summed E-state index contributed by atoms with van der Waals surface area (Å²) < 4.78 is 3.20. The van der Waals surface area contributed by atoms with Gasteiger partial charge in [0.1, 0.15) is 11.6 Å². The number of nitrogens with one attached hydrogen (secondary N) is 1. The third kappa shape index (κ3) is 2.57. The van der Waals surface area contributed by atoms with E-state index in [1.807, 2.05) is 19.1 Å². The van der Waals surface area contributed by atoms with Gasteiger partial charge < -0.3 is 14.8 Å². The molecule has 4 heterocycles. The molecule has 0 radical (unpaired) electrons. The molecule has 124 valence electrons. The molecule has 24 heavy (non-hydrogen) atoms. The number of aromatic nitrogens is 6. The predicted octanol–water partition coefficient (Wildman–Crippen LogP) is 0.0747. The standard InChI is InChI=1S/C15H18N8O/c1-10-18-19-13-3-4-14(20-23(10)13)22-7-11(8-22)6-16-12-5-15(24)21(2)9-17-12/h3-5,9,11,16H,6-8H2,1-2H3.